The Labute approximate surface area is 211 Å². The summed E-state index contributed by atoms with van der Waals surface area (Å²) in [6.45, 7) is 2.14. The standard InChI is InChI=1S/C28H31N3O5/c29-17-26-18-31(28(33)36-26)25-13-11-24(12-14-25)30(15-16-34-19-22-7-3-1-4-8-22)27(32)21-35-20-23-9-5-2-6-10-23/h1-14,26H,15-21,29H2/t26-/m0/s1. The molecular formula is C28H31N3O5. The van der Waals surface area contributed by atoms with Gasteiger partial charge in [-0.1, -0.05) is 60.7 Å². The Morgan fingerprint density at radius 3 is 2.11 bits per heavy atom. The number of cyclic esters (lactones) is 1. The first kappa shape index (κ1) is 25.4. The number of carbonyl (C=O) groups is 2. The summed E-state index contributed by atoms with van der Waals surface area (Å²) < 4.78 is 16.8. The zero-order valence-corrected chi connectivity index (χ0v) is 20.1. The first-order valence-corrected chi connectivity index (χ1v) is 12.0. The minimum atomic E-state index is -0.422. The quantitative estimate of drug-likeness (QED) is 0.390. The van der Waals surface area contributed by atoms with Gasteiger partial charge in [0.25, 0.3) is 5.91 Å². The number of nitrogens with zero attached hydrogens (tertiary/aromatic N) is 2. The van der Waals surface area contributed by atoms with E-state index in [2.05, 4.69) is 0 Å². The van der Waals surface area contributed by atoms with E-state index in [4.69, 9.17) is 19.9 Å². The maximum Gasteiger partial charge on any atom is 0.414 e. The average Bonchev–Trinajstić information content (AvgIpc) is 3.30. The lowest BCUT2D eigenvalue weighted by Crippen LogP contribution is -2.36. The highest BCUT2D eigenvalue weighted by Crippen LogP contribution is 2.25. The van der Waals surface area contributed by atoms with Crippen LogP contribution in [-0.2, 0) is 32.2 Å². The summed E-state index contributed by atoms with van der Waals surface area (Å²) >= 11 is 0. The zero-order valence-electron chi connectivity index (χ0n) is 20.1. The molecule has 1 atom stereocenters. The van der Waals surface area contributed by atoms with Crippen molar-refractivity contribution in [3.8, 4) is 0 Å². The van der Waals surface area contributed by atoms with E-state index in [9.17, 15) is 9.59 Å². The second-order valence-electron chi connectivity index (χ2n) is 8.43. The number of ether oxygens (including phenoxy) is 3. The van der Waals surface area contributed by atoms with E-state index in [0.717, 1.165) is 11.1 Å². The first-order valence-electron chi connectivity index (χ1n) is 12.0. The molecular weight excluding hydrogens is 458 g/mol. The Morgan fingerprint density at radius 1 is 0.917 bits per heavy atom. The van der Waals surface area contributed by atoms with Crippen LogP contribution in [0.15, 0.2) is 84.9 Å². The molecule has 1 heterocycles. The van der Waals surface area contributed by atoms with Crippen LogP contribution in [0.1, 0.15) is 11.1 Å². The summed E-state index contributed by atoms with van der Waals surface area (Å²) in [7, 11) is 0. The maximum absolute atomic E-state index is 13.1. The van der Waals surface area contributed by atoms with Crippen molar-refractivity contribution in [3.05, 3.63) is 96.1 Å². The smallest absolute Gasteiger partial charge is 0.414 e. The van der Waals surface area contributed by atoms with Crippen molar-refractivity contribution in [1.82, 2.24) is 0 Å². The molecule has 2 amide bonds. The fraction of sp³-hybridized carbons (Fsp3) is 0.286. The van der Waals surface area contributed by atoms with Gasteiger partial charge in [-0.3, -0.25) is 9.69 Å². The molecule has 2 N–H and O–H groups in total. The molecule has 36 heavy (non-hydrogen) atoms. The van der Waals surface area contributed by atoms with Crippen molar-refractivity contribution < 1.29 is 23.8 Å². The van der Waals surface area contributed by atoms with Gasteiger partial charge in [0.05, 0.1) is 26.4 Å². The van der Waals surface area contributed by atoms with Crippen LogP contribution in [-0.4, -0.2) is 51.0 Å². The lowest BCUT2D eigenvalue weighted by atomic mass is 10.2. The molecule has 1 aliphatic heterocycles. The molecule has 0 aliphatic carbocycles. The topological polar surface area (TPSA) is 94.3 Å². The van der Waals surface area contributed by atoms with Gasteiger partial charge in [0.2, 0.25) is 0 Å². The van der Waals surface area contributed by atoms with Gasteiger partial charge in [-0.2, -0.15) is 0 Å². The van der Waals surface area contributed by atoms with Crippen LogP contribution < -0.4 is 15.5 Å². The van der Waals surface area contributed by atoms with Gasteiger partial charge in [0.1, 0.15) is 12.7 Å². The normalized spacial score (nSPS) is 15.1. The minimum Gasteiger partial charge on any atom is -0.443 e. The van der Waals surface area contributed by atoms with E-state index in [0.29, 0.717) is 44.3 Å². The van der Waals surface area contributed by atoms with Gasteiger partial charge in [-0.05, 0) is 35.4 Å². The van der Waals surface area contributed by atoms with Gasteiger partial charge < -0.3 is 24.8 Å². The van der Waals surface area contributed by atoms with Gasteiger partial charge in [-0.15, -0.1) is 0 Å². The molecule has 1 aliphatic rings. The highest BCUT2D eigenvalue weighted by molar-refractivity contribution is 5.95. The lowest BCUT2D eigenvalue weighted by Gasteiger charge is -2.24. The highest BCUT2D eigenvalue weighted by atomic mass is 16.6. The summed E-state index contributed by atoms with van der Waals surface area (Å²) in [5.41, 5.74) is 9.08. The first-order chi connectivity index (χ1) is 17.6. The van der Waals surface area contributed by atoms with E-state index >= 15 is 0 Å². The number of amides is 2. The predicted octanol–water partition coefficient (Wildman–Crippen LogP) is 3.74. The molecule has 1 fully saturated rings. The predicted molar refractivity (Wildman–Crippen MR) is 138 cm³/mol. The third-order valence-electron chi connectivity index (χ3n) is 5.82. The molecule has 0 radical (unpaired) electrons. The second-order valence-corrected chi connectivity index (χ2v) is 8.43. The molecule has 0 saturated carbocycles. The number of benzene rings is 3. The number of hydrogen-bond acceptors (Lipinski definition) is 6. The number of carbonyl (C=O) groups excluding carboxylic acids is 2. The SMILES string of the molecule is NC[C@H]1CN(c2ccc(N(CCOCc3ccccc3)C(=O)COCc3ccccc3)cc2)C(=O)O1. The van der Waals surface area contributed by atoms with Gasteiger partial charge in [0.15, 0.2) is 0 Å². The largest absolute Gasteiger partial charge is 0.443 e. The van der Waals surface area contributed by atoms with Crippen molar-refractivity contribution in [3.63, 3.8) is 0 Å². The Morgan fingerprint density at radius 2 is 1.53 bits per heavy atom. The molecule has 4 rings (SSSR count). The van der Waals surface area contributed by atoms with Crippen molar-refractivity contribution in [2.75, 3.05) is 42.6 Å². The summed E-state index contributed by atoms with van der Waals surface area (Å²) in [6.07, 6.45) is -0.742. The highest BCUT2D eigenvalue weighted by Gasteiger charge is 2.31. The molecule has 0 spiro atoms. The number of anilines is 2. The van der Waals surface area contributed by atoms with E-state index < -0.39 is 6.09 Å². The molecule has 0 aromatic heterocycles. The summed E-state index contributed by atoms with van der Waals surface area (Å²) in [5.74, 6) is -0.175. The van der Waals surface area contributed by atoms with E-state index in [-0.39, 0.29) is 25.2 Å². The van der Waals surface area contributed by atoms with Crippen LogP contribution in [0, 0.1) is 0 Å². The molecule has 1 saturated heterocycles. The van der Waals surface area contributed by atoms with Gasteiger partial charge in [0, 0.05) is 24.5 Å². The van der Waals surface area contributed by atoms with E-state index in [1.807, 2.05) is 72.8 Å². The fourth-order valence-corrected chi connectivity index (χ4v) is 3.89. The summed E-state index contributed by atoms with van der Waals surface area (Å²) in [5, 5.41) is 0. The molecule has 3 aromatic rings. The Bertz CT molecular complexity index is 1110. The lowest BCUT2D eigenvalue weighted by molar-refractivity contribution is -0.123. The molecule has 8 nitrogen and oxygen atoms in total. The molecule has 0 bridgehead atoms. The number of hydrogen-bond donors (Lipinski definition) is 1. The maximum atomic E-state index is 13.1. The van der Waals surface area contributed by atoms with Crippen molar-refractivity contribution in [2.45, 2.75) is 19.3 Å². The van der Waals surface area contributed by atoms with Crippen molar-refractivity contribution in [1.29, 1.82) is 0 Å². The Hall–Kier alpha value is -3.72. The van der Waals surface area contributed by atoms with Crippen molar-refractivity contribution >= 4 is 23.4 Å². The summed E-state index contributed by atoms with van der Waals surface area (Å²) in [6, 6.07) is 26.8. The monoisotopic (exact) mass is 489 g/mol. The molecule has 0 unspecified atom stereocenters. The van der Waals surface area contributed by atoms with Crippen LogP contribution in [0.25, 0.3) is 0 Å². The fourth-order valence-electron chi connectivity index (χ4n) is 3.89. The minimum absolute atomic E-state index is 0.0635. The van der Waals surface area contributed by atoms with Crippen LogP contribution in [0.5, 0.6) is 0 Å². The third kappa shape index (κ3) is 6.91. The number of nitrogens with two attached hydrogens (primary N) is 1. The zero-order chi connectivity index (χ0) is 25.2. The van der Waals surface area contributed by atoms with Crippen LogP contribution in [0.2, 0.25) is 0 Å². The van der Waals surface area contributed by atoms with Gasteiger partial charge in [-0.25, -0.2) is 4.79 Å². The van der Waals surface area contributed by atoms with Crippen LogP contribution in [0.4, 0.5) is 16.2 Å². The van der Waals surface area contributed by atoms with Crippen LogP contribution in [0.3, 0.4) is 0 Å². The Balaban J connectivity index is 1.39. The van der Waals surface area contributed by atoms with E-state index in [1.165, 1.54) is 0 Å². The summed E-state index contributed by atoms with van der Waals surface area (Å²) in [4.78, 5) is 28.5. The van der Waals surface area contributed by atoms with Crippen molar-refractivity contribution in [2.24, 2.45) is 5.73 Å². The molecule has 188 valence electrons. The third-order valence-corrected chi connectivity index (χ3v) is 5.82. The van der Waals surface area contributed by atoms with Gasteiger partial charge >= 0.3 is 6.09 Å². The number of rotatable bonds is 12. The second kappa shape index (κ2) is 12.8. The molecule has 3 aromatic carbocycles. The van der Waals surface area contributed by atoms with E-state index in [1.54, 1.807) is 21.9 Å². The average molecular weight is 490 g/mol. The Kier molecular flexibility index (Phi) is 9.04. The van der Waals surface area contributed by atoms with Crippen LogP contribution >= 0.6 is 0 Å². The molecule has 8 heteroatoms.